The number of aromatic nitrogens is 1. The van der Waals surface area contributed by atoms with Crippen LogP contribution in [-0.2, 0) is 16.1 Å². The quantitative estimate of drug-likeness (QED) is 0.180. The summed E-state index contributed by atoms with van der Waals surface area (Å²) in [6.45, 7) is 7.36. The van der Waals surface area contributed by atoms with E-state index in [1.165, 1.54) is 29.2 Å². The predicted molar refractivity (Wildman–Crippen MR) is 176 cm³/mol. The molecule has 0 saturated carbocycles. The number of ether oxygens (including phenoxy) is 5. The SMILES string of the molecule is CCOc1ccc([C@H]2C(C(=O)OC)=CN=c3s/c(=C\c4cc(OCC)c(OCc5ccccc5)cc4Br)c(=O)n32)cc1OCC. The Balaban J connectivity index is 1.58. The van der Waals surface area contributed by atoms with E-state index in [0.717, 1.165) is 15.6 Å². The molecule has 1 atom stereocenters. The summed E-state index contributed by atoms with van der Waals surface area (Å²) in [5.41, 5.74) is 2.32. The highest BCUT2D eigenvalue weighted by Gasteiger charge is 2.31. The van der Waals surface area contributed by atoms with Crippen LogP contribution in [0.2, 0.25) is 0 Å². The Bertz CT molecular complexity index is 1900. The van der Waals surface area contributed by atoms with Crippen LogP contribution in [0.4, 0.5) is 0 Å². The number of methoxy groups -OCH3 is 1. The Morgan fingerprint density at radius 2 is 1.58 bits per heavy atom. The molecule has 0 aliphatic carbocycles. The summed E-state index contributed by atoms with van der Waals surface area (Å²) in [6, 6.07) is 18.1. The van der Waals surface area contributed by atoms with E-state index < -0.39 is 12.0 Å². The number of fused-ring (bicyclic) bond motifs is 1. The van der Waals surface area contributed by atoms with Gasteiger partial charge in [-0.1, -0.05) is 63.7 Å². The van der Waals surface area contributed by atoms with Gasteiger partial charge in [0.15, 0.2) is 27.8 Å². The van der Waals surface area contributed by atoms with Crippen LogP contribution in [0.25, 0.3) is 6.08 Å². The van der Waals surface area contributed by atoms with Crippen LogP contribution in [0.15, 0.2) is 86.7 Å². The molecule has 5 rings (SSSR count). The molecule has 1 aliphatic rings. The normalized spacial score (nSPS) is 14.2. The number of thiazole rings is 1. The van der Waals surface area contributed by atoms with Crippen LogP contribution in [0.1, 0.15) is 43.5 Å². The van der Waals surface area contributed by atoms with E-state index >= 15 is 0 Å². The third-order valence-electron chi connectivity index (χ3n) is 6.89. The molecule has 1 aliphatic heterocycles. The third-order valence-corrected chi connectivity index (χ3v) is 8.58. The van der Waals surface area contributed by atoms with Gasteiger partial charge in [0.25, 0.3) is 5.56 Å². The number of benzene rings is 3. The molecule has 3 aromatic carbocycles. The van der Waals surface area contributed by atoms with Gasteiger partial charge >= 0.3 is 5.97 Å². The Hall–Kier alpha value is -4.35. The molecule has 0 amide bonds. The Morgan fingerprint density at radius 1 is 0.911 bits per heavy atom. The summed E-state index contributed by atoms with van der Waals surface area (Å²) in [5.74, 6) is 1.64. The van der Waals surface area contributed by atoms with Crippen molar-refractivity contribution in [2.24, 2.45) is 4.99 Å². The first-order valence-electron chi connectivity index (χ1n) is 14.5. The number of hydrogen-bond donors (Lipinski definition) is 0. The van der Waals surface area contributed by atoms with E-state index in [-0.39, 0.29) is 11.1 Å². The van der Waals surface area contributed by atoms with Crippen molar-refractivity contribution in [3.8, 4) is 23.0 Å². The average molecular weight is 694 g/mol. The van der Waals surface area contributed by atoms with Crippen LogP contribution in [0.5, 0.6) is 23.0 Å². The van der Waals surface area contributed by atoms with Gasteiger partial charge < -0.3 is 23.7 Å². The summed E-state index contributed by atoms with van der Waals surface area (Å²) in [5, 5.41) is 0. The van der Waals surface area contributed by atoms with Crippen molar-refractivity contribution in [1.29, 1.82) is 0 Å². The van der Waals surface area contributed by atoms with E-state index in [1.54, 1.807) is 18.2 Å². The van der Waals surface area contributed by atoms with E-state index in [1.807, 2.05) is 69.3 Å². The van der Waals surface area contributed by atoms with Crippen LogP contribution < -0.4 is 33.8 Å². The van der Waals surface area contributed by atoms with Crippen molar-refractivity contribution in [2.75, 3.05) is 26.9 Å². The van der Waals surface area contributed by atoms with Gasteiger partial charge in [-0.05, 0) is 67.8 Å². The van der Waals surface area contributed by atoms with Gasteiger partial charge in [-0.15, -0.1) is 0 Å². The summed E-state index contributed by atoms with van der Waals surface area (Å²) < 4.78 is 31.3. The van der Waals surface area contributed by atoms with Crippen LogP contribution >= 0.6 is 27.3 Å². The fourth-order valence-corrected chi connectivity index (χ4v) is 6.30. The molecule has 0 fully saturated rings. The highest BCUT2D eigenvalue weighted by Crippen LogP contribution is 2.36. The third kappa shape index (κ3) is 6.99. The lowest BCUT2D eigenvalue weighted by atomic mass is 9.97. The van der Waals surface area contributed by atoms with Gasteiger partial charge in [0, 0.05) is 10.7 Å². The molecule has 0 N–H and O–H groups in total. The first-order valence-corrected chi connectivity index (χ1v) is 16.1. The minimum atomic E-state index is -0.790. The summed E-state index contributed by atoms with van der Waals surface area (Å²) in [4.78, 5) is 31.9. The van der Waals surface area contributed by atoms with E-state index in [4.69, 9.17) is 23.7 Å². The Morgan fingerprint density at radius 3 is 2.27 bits per heavy atom. The molecule has 0 bridgehead atoms. The highest BCUT2D eigenvalue weighted by atomic mass is 79.9. The maximum absolute atomic E-state index is 14.1. The monoisotopic (exact) mass is 692 g/mol. The molecule has 11 heteroatoms. The minimum Gasteiger partial charge on any atom is -0.490 e. The molecular weight excluding hydrogens is 660 g/mol. The van der Waals surface area contributed by atoms with Crippen molar-refractivity contribution in [1.82, 2.24) is 4.57 Å². The highest BCUT2D eigenvalue weighted by molar-refractivity contribution is 9.10. The number of hydrogen-bond acceptors (Lipinski definition) is 9. The molecule has 4 aromatic rings. The second-order valence-corrected chi connectivity index (χ2v) is 11.6. The van der Waals surface area contributed by atoms with Crippen LogP contribution in [-0.4, -0.2) is 37.5 Å². The standard InChI is InChI=1S/C34H33BrN2O7S/c1-5-41-26-14-13-22(15-27(26)42-6-2)31-24(33(39)40-4)19-36-34-37(31)32(38)30(45-34)17-23-16-28(43-7-3)29(18-25(23)35)44-20-21-11-9-8-10-12-21/h8-19,31H,5-7,20H2,1-4H3/b30-17-/t31-/m0/s1. The zero-order chi connectivity index (χ0) is 31.9. The molecule has 2 heterocycles. The maximum Gasteiger partial charge on any atom is 0.337 e. The van der Waals surface area contributed by atoms with Gasteiger partial charge in [-0.25, -0.2) is 9.79 Å². The molecule has 0 saturated heterocycles. The van der Waals surface area contributed by atoms with Crippen molar-refractivity contribution < 1.29 is 28.5 Å². The van der Waals surface area contributed by atoms with Gasteiger partial charge in [0.1, 0.15) is 6.61 Å². The molecular formula is C34H33BrN2O7S. The van der Waals surface area contributed by atoms with Gasteiger partial charge in [-0.3, -0.25) is 9.36 Å². The number of carbonyl (C=O) groups excluding carboxylic acids is 1. The zero-order valence-corrected chi connectivity index (χ0v) is 27.8. The second-order valence-electron chi connectivity index (χ2n) is 9.78. The maximum atomic E-state index is 14.1. The number of carbonyl (C=O) groups is 1. The van der Waals surface area contributed by atoms with Crippen molar-refractivity contribution in [2.45, 2.75) is 33.4 Å². The van der Waals surface area contributed by atoms with Crippen molar-refractivity contribution >= 4 is 39.3 Å². The van der Waals surface area contributed by atoms with Crippen molar-refractivity contribution in [3.63, 3.8) is 0 Å². The van der Waals surface area contributed by atoms with E-state index in [9.17, 15) is 9.59 Å². The second kappa shape index (κ2) is 14.6. The molecule has 0 spiro atoms. The smallest absolute Gasteiger partial charge is 0.337 e. The average Bonchev–Trinajstić information content (AvgIpc) is 3.37. The van der Waals surface area contributed by atoms with Gasteiger partial charge in [0.2, 0.25) is 0 Å². The largest absolute Gasteiger partial charge is 0.490 e. The van der Waals surface area contributed by atoms with Crippen LogP contribution in [0, 0.1) is 0 Å². The lowest BCUT2D eigenvalue weighted by Gasteiger charge is -2.23. The fraction of sp³-hybridized carbons (Fsp3) is 0.265. The molecule has 0 unspecified atom stereocenters. The zero-order valence-electron chi connectivity index (χ0n) is 25.4. The summed E-state index contributed by atoms with van der Waals surface area (Å²) in [7, 11) is 1.30. The Kier molecular flexibility index (Phi) is 10.4. The predicted octanol–water partition coefficient (Wildman–Crippen LogP) is 5.56. The number of rotatable bonds is 12. The number of nitrogens with zero attached hydrogens (tertiary/aromatic N) is 2. The fourth-order valence-electron chi connectivity index (χ4n) is 4.91. The Labute approximate surface area is 273 Å². The summed E-state index contributed by atoms with van der Waals surface area (Å²) >= 11 is 4.87. The molecule has 234 valence electrons. The topological polar surface area (TPSA) is 97.6 Å². The molecule has 45 heavy (non-hydrogen) atoms. The van der Waals surface area contributed by atoms with E-state index in [0.29, 0.717) is 64.3 Å². The molecule has 9 nitrogen and oxygen atoms in total. The lowest BCUT2D eigenvalue weighted by Crippen LogP contribution is -2.39. The van der Waals surface area contributed by atoms with Gasteiger partial charge in [0.05, 0.1) is 43.1 Å². The number of esters is 1. The van der Waals surface area contributed by atoms with Crippen molar-refractivity contribution in [3.05, 3.63) is 113 Å². The first-order chi connectivity index (χ1) is 21.9. The first kappa shape index (κ1) is 32.1. The minimum absolute atomic E-state index is 0.225. The molecule has 0 radical (unpaired) electrons. The van der Waals surface area contributed by atoms with Gasteiger partial charge in [-0.2, -0.15) is 0 Å². The number of halogens is 1. The summed E-state index contributed by atoms with van der Waals surface area (Å²) in [6.07, 6.45) is 3.24. The van der Waals surface area contributed by atoms with Crippen LogP contribution in [0.3, 0.4) is 0 Å². The lowest BCUT2D eigenvalue weighted by molar-refractivity contribution is -0.136. The van der Waals surface area contributed by atoms with E-state index in [2.05, 4.69) is 20.9 Å². The molecule has 1 aromatic heterocycles.